The molecule has 1 N–H and O–H groups in total. The standard InChI is InChI=1S/C13H17BrN2O2/c1-8-3-5-11(9(8)2)15-12-7-10(14)4-6-13(12)16(17)18/h4,6-9,11,15H,3,5H2,1-2H3. The third-order valence-electron chi connectivity index (χ3n) is 3.96. The molecule has 1 aliphatic rings. The monoisotopic (exact) mass is 312 g/mol. The first kappa shape index (κ1) is 13.3. The summed E-state index contributed by atoms with van der Waals surface area (Å²) in [7, 11) is 0. The molecular formula is C13H17BrN2O2. The second-order valence-electron chi connectivity index (χ2n) is 5.08. The number of rotatable bonds is 3. The number of anilines is 1. The molecule has 3 unspecified atom stereocenters. The number of nitro benzene ring substituents is 1. The summed E-state index contributed by atoms with van der Waals surface area (Å²) in [5.41, 5.74) is 0.755. The maximum atomic E-state index is 11.0. The van der Waals surface area contributed by atoms with E-state index in [4.69, 9.17) is 0 Å². The highest BCUT2D eigenvalue weighted by atomic mass is 79.9. The molecule has 0 radical (unpaired) electrons. The van der Waals surface area contributed by atoms with Gasteiger partial charge in [-0.15, -0.1) is 0 Å². The van der Waals surface area contributed by atoms with E-state index in [0.717, 1.165) is 10.9 Å². The molecule has 1 fully saturated rings. The van der Waals surface area contributed by atoms with Crippen LogP contribution in [-0.2, 0) is 0 Å². The van der Waals surface area contributed by atoms with Crippen molar-refractivity contribution in [2.45, 2.75) is 32.7 Å². The molecule has 2 rings (SSSR count). The van der Waals surface area contributed by atoms with Crippen molar-refractivity contribution in [1.29, 1.82) is 0 Å². The van der Waals surface area contributed by atoms with E-state index in [1.165, 1.54) is 12.5 Å². The zero-order valence-electron chi connectivity index (χ0n) is 10.5. The van der Waals surface area contributed by atoms with Crippen LogP contribution >= 0.6 is 15.9 Å². The average molecular weight is 313 g/mol. The number of hydrogen-bond donors (Lipinski definition) is 1. The molecule has 0 aromatic heterocycles. The maximum absolute atomic E-state index is 11.0. The summed E-state index contributed by atoms with van der Waals surface area (Å²) in [6.45, 7) is 4.45. The maximum Gasteiger partial charge on any atom is 0.292 e. The van der Waals surface area contributed by atoms with Gasteiger partial charge in [0.2, 0.25) is 0 Å². The molecule has 0 spiro atoms. The van der Waals surface area contributed by atoms with Crippen LogP contribution in [0.15, 0.2) is 22.7 Å². The fourth-order valence-electron chi connectivity index (χ4n) is 2.55. The lowest BCUT2D eigenvalue weighted by atomic mass is 9.97. The van der Waals surface area contributed by atoms with Gasteiger partial charge in [-0.25, -0.2) is 0 Å². The highest BCUT2D eigenvalue weighted by molar-refractivity contribution is 9.10. The Kier molecular flexibility index (Phi) is 3.90. The van der Waals surface area contributed by atoms with Gasteiger partial charge in [-0.2, -0.15) is 0 Å². The third-order valence-corrected chi connectivity index (χ3v) is 4.45. The third kappa shape index (κ3) is 2.66. The van der Waals surface area contributed by atoms with E-state index in [0.29, 0.717) is 23.6 Å². The largest absolute Gasteiger partial charge is 0.376 e. The zero-order valence-corrected chi connectivity index (χ0v) is 12.1. The molecule has 1 aromatic rings. The van der Waals surface area contributed by atoms with Crippen molar-refractivity contribution in [2.75, 3.05) is 5.32 Å². The van der Waals surface area contributed by atoms with E-state index in [9.17, 15) is 10.1 Å². The quantitative estimate of drug-likeness (QED) is 0.672. The number of nitrogens with zero attached hydrogens (tertiary/aromatic N) is 1. The van der Waals surface area contributed by atoms with Crippen molar-refractivity contribution in [2.24, 2.45) is 11.8 Å². The minimum Gasteiger partial charge on any atom is -0.376 e. The molecule has 1 aromatic carbocycles. The lowest BCUT2D eigenvalue weighted by Gasteiger charge is -2.20. The summed E-state index contributed by atoms with van der Waals surface area (Å²) in [6, 6.07) is 5.35. The van der Waals surface area contributed by atoms with Crippen molar-refractivity contribution in [3.05, 3.63) is 32.8 Å². The fourth-order valence-corrected chi connectivity index (χ4v) is 2.91. The molecule has 0 aliphatic heterocycles. The molecule has 18 heavy (non-hydrogen) atoms. The van der Waals surface area contributed by atoms with Crippen LogP contribution in [0.1, 0.15) is 26.7 Å². The van der Waals surface area contributed by atoms with Crippen molar-refractivity contribution in [1.82, 2.24) is 0 Å². The Labute approximate surface area is 115 Å². The number of hydrogen-bond acceptors (Lipinski definition) is 3. The summed E-state index contributed by atoms with van der Waals surface area (Å²) in [5, 5.41) is 14.3. The van der Waals surface area contributed by atoms with Gasteiger partial charge in [0, 0.05) is 16.6 Å². The Balaban J connectivity index is 2.23. The smallest absolute Gasteiger partial charge is 0.292 e. The summed E-state index contributed by atoms with van der Waals surface area (Å²) in [5.74, 6) is 1.22. The Bertz CT molecular complexity index is 464. The van der Waals surface area contributed by atoms with Crippen LogP contribution in [0.25, 0.3) is 0 Å². The summed E-state index contributed by atoms with van der Waals surface area (Å²) in [6.07, 6.45) is 2.26. The van der Waals surface area contributed by atoms with Gasteiger partial charge in [0.25, 0.3) is 5.69 Å². The second kappa shape index (κ2) is 5.26. The van der Waals surface area contributed by atoms with Gasteiger partial charge in [0.15, 0.2) is 0 Å². The van der Waals surface area contributed by atoms with E-state index in [-0.39, 0.29) is 10.6 Å². The van der Waals surface area contributed by atoms with Crippen molar-refractivity contribution in [3.63, 3.8) is 0 Å². The molecule has 0 heterocycles. The number of halogens is 1. The van der Waals surface area contributed by atoms with Gasteiger partial charge in [-0.05, 0) is 36.8 Å². The second-order valence-corrected chi connectivity index (χ2v) is 6.00. The van der Waals surface area contributed by atoms with Crippen LogP contribution in [0.4, 0.5) is 11.4 Å². The molecule has 0 bridgehead atoms. The van der Waals surface area contributed by atoms with Crippen LogP contribution in [0.3, 0.4) is 0 Å². The minimum atomic E-state index is -0.335. The van der Waals surface area contributed by atoms with Crippen LogP contribution in [-0.4, -0.2) is 11.0 Å². The first-order chi connectivity index (χ1) is 8.49. The number of nitro groups is 1. The van der Waals surface area contributed by atoms with Crippen molar-refractivity contribution in [3.8, 4) is 0 Å². The van der Waals surface area contributed by atoms with Gasteiger partial charge >= 0.3 is 0 Å². The Morgan fingerprint density at radius 1 is 1.39 bits per heavy atom. The molecule has 1 saturated carbocycles. The minimum absolute atomic E-state index is 0.143. The molecule has 0 saturated heterocycles. The van der Waals surface area contributed by atoms with Crippen LogP contribution in [0.5, 0.6) is 0 Å². The van der Waals surface area contributed by atoms with Crippen LogP contribution in [0.2, 0.25) is 0 Å². The van der Waals surface area contributed by atoms with Gasteiger partial charge in [-0.3, -0.25) is 10.1 Å². The van der Waals surface area contributed by atoms with Crippen molar-refractivity contribution < 1.29 is 4.92 Å². The van der Waals surface area contributed by atoms with Gasteiger partial charge in [0.1, 0.15) is 5.69 Å². The Hall–Kier alpha value is -1.10. The Morgan fingerprint density at radius 3 is 2.67 bits per heavy atom. The zero-order chi connectivity index (χ0) is 13.3. The lowest BCUT2D eigenvalue weighted by Crippen LogP contribution is -2.24. The Morgan fingerprint density at radius 2 is 2.11 bits per heavy atom. The fraction of sp³-hybridized carbons (Fsp3) is 0.538. The number of nitrogens with one attached hydrogen (secondary N) is 1. The molecule has 3 atom stereocenters. The molecule has 4 nitrogen and oxygen atoms in total. The van der Waals surface area contributed by atoms with Gasteiger partial charge < -0.3 is 5.32 Å². The molecule has 1 aliphatic carbocycles. The van der Waals surface area contributed by atoms with E-state index < -0.39 is 0 Å². The summed E-state index contributed by atoms with van der Waals surface area (Å²) >= 11 is 3.36. The predicted octanol–water partition coefficient (Wildman–Crippen LogP) is 4.20. The van der Waals surface area contributed by atoms with E-state index in [1.54, 1.807) is 12.1 Å². The highest BCUT2D eigenvalue weighted by Crippen LogP contribution is 2.36. The summed E-state index contributed by atoms with van der Waals surface area (Å²) < 4.78 is 0.856. The van der Waals surface area contributed by atoms with Crippen LogP contribution < -0.4 is 5.32 Å². The normalized spacial score (nSPS) is 27.2. The molecule has 5 heteroatoms. The molecule has 0 amide bonds. The van der Waals surface area contributed by atoms with Crippen LogP contribution in [0, 0.1) is 22.0 Å². The van der Waals surface area contributed by atoms with Gasteiger partial charge in [-0.1, -0.05) is 29.8 Å². The lowest BCUT2D eigenvalue weighted by molar-refractivity contribution is -0.384. The molecule has 98 valence electrons. The first-order valence-corrected chi connectivity index (χ1v) is 6.99. The predicted molar refractivity (Wildman–Crippen MR) is 75.8 cm³/mol. The molecular weight excluding hydrogens is 296 g/mol. The SMILES string of the molecule is CC1CCC(Nc2cc(Br)ccc2[N+](=O)[O-])C1C. The van der Waals surface area contributed by atoms with Crippen molar-refractivity contribution >= 4 is 27.3 Å². The van der Waals surface area contributed by atoms with E-state index in [2.05, 4.69) is 35.1 Å². The average Bonchev–Trinajstić information content (AvgIpc) is 2.61. The number of benzene rings is 1. The highest BCUT2D eigenvalue weighted by Gasteiger charge is 2.30. The summed E-state index contributed by atoms with van der Waals surface area (Å²) in [4.78, 5) is 10.7. The van der Waals surface area contributed by atoms with E-state index in [1.807, 2.05) is 0 Å². The van der Waals surface area contributed by atoms with E-state index >= 15 is 0 Å². The van der Waals surface area contributed by atoms with Gasteiger partial charge in [0.05, 0.1) is 4.92 Å². The topological polar surface area (TPSA) is 55.2 Å². The first-order valence-electron chi connectivity index (χ1n) is 6.19.